The highest BCUT2D eigenvalue weighted by Crippen LogP contribution is 2.47. The van der Waals surface area contributed by atoms with Crippen LogP contribution in [0.25, 0.3) is 53.2 Å². The summed E-state index contributed by atoms with van der Waals surface area (Å²) >= 11 is 0.578. The van der Waals surface area contributed by atoms with E-state index in [1.807, 2.05) is 0 Å². The van der Waals surface area contributed by atoms with E-state index in [1.54, 1.807) is 0 Å². The van der Waals surface area contributed by atoms with Gasteiger partial charge in [0, 0.05) is 26.5 Å². The molecular formula is C36H23NOS. The predicted octanol–water partition coefficient (Wildman–Crippen LogP) is 11.1. The van der Waals surface area contributed by atoms with E-state index in [2.05, 4.69) is 0 Å². The Kier molecular flexibility index (Phi) is 2.07. The molecule has 39 heavy (non-hydrogen) atoms. The van der Waals surface area contributed by atoms with E-state index in [0.717, 1.165) is 0 Å². The number of thiophene rings is 1. The molecule has 0 saturated carbocycles. The Hall–Kier alpha value is -4.86. The van der Waals surface area contributed by atoms with Crippen molar-refractivity contribution in [2.75, 3.05) is 4.90 Å². The minimum Gasteiger partial charge on any atom is -0.456 e. The van der Waals surface area contributed by atoms with E-state index in [-0.39, 0.29) is 20.2 Å². The fourth-order valence-electron chi connectivity index (χ4n) is 4.24. The maximum absolute atomic E-state index is 9.46. The van der Waals surface area contributed by atoms with Gasteiger partial charge in [-0.2, -0.15) is 0 Å². The van der Waals surface area contributed by atoms with Crippen molar-refractivity contribution in [2.45, 2.75) is 0 Å². The summed E-state index contributed by atoms with van der Waals surface area (Å²) in [7, 11) is 0. The van der Waals surface area contributed by atoms with Crippen LogP contribution in [0, 0.1) is 0 Å². The molecule has 0 spiro atoms. The zero-order chi connectivity index (χ0) is 45.8. The second-order valence-electron chi connectivity index (χ2n) is 8.03. The molecule has 0 aliphatic rings. The number of benzene rings is 6. The molecule has 0 bridgehead atoms. The molecule has 2 nitrogen and oxygen atoms in total. The van der Waals surface area contributed by atoms with Gasteiger partial charge in [0.05, 0.1) is 53.0 Å². The van der Waals surface area contributed by atoms with Crippen LogP contribution in [0.5, 0.6) is 0 Å². The average Bonchev–Trinajstić information content (AvgIpc) is 3.84. The maximum atomic E-state index is 9.46. The zero-order valence-corrected chi connectivity index (χ0v) is 20.1. The van der Waals surface area contributed by atoms with Crippen LogP contribution in [-0.4, -0.2) is 0 Å². The number of hydrogen-bond donors (Lipinski definition) is 0. The monoisotopic (exact) mass is 540 g/mol. The second-order valence-corrected chi connectivity index (χ2v) is 9.05. The Morgan fingerprint density at radius 1 is 0.513 bits per heavy atom. The fourth-order valence-corrected chi connectivity index (χ4v) is 5.29. The molecule has 0 aliphatic heterocycles. The normalized spacial score (nSPS) is 19.8. The smallest absolute Gasteiger partial charge is 0.137 e. The van der Waals surface area contributed by atoms with Gasteiger partial charge in [-0.1, -0.05) is 96.7 Å². The van der Waals surface area contributed by atoms with Crippen LogP contribution in [0.4, 0.5) is 17.1 Å². The van der Waals surface area contributed by atoms with Crippen LogP contribution in [0.15, 0.2) is 143 Å². The summed E-state index contributed by atoms with van der Waals surface area (Å²) in [6, 6.07) is -19.5. The van der Waals surface area contributed by atoms with E-state index in [0.29, 0.717) is 16.2 Å². The van der Waals surface area contributed by atoms with Crippen molar-refractivity contribution in [2.24, 2.45) is 0 Å². The van der Waals surface area contributed by atoms with Gasteiger partial charge < -0.3 is 9.32 Å². The third kappa shape index (κ3) is 3.55. The first kappa shape index (κ1) is 9.11. The summed E-state index contributed by atoms with van der Waals surface area (Å²) in [4.78, 5) is 0.693. The lowest BCUT2D eigenvalue weighted by molar-refractivity contribution is 0.669. The van der Waals surface area contributed by atoms with Gasteiger partial charge in [-0.3, -0.25) is 0 Å². The molecule has 6 aromatic carbocycles. The lowest BCUT2D eigenvalue weighted by Crippen LogP contribution is -2.10. The van der Waals surface area contributed by atoms with Gasteiger partial charge >= 0.3 is 0 Å². The molecular weight excluding hydrogens is 494 g/mol. The molecule has 0 unspecified atom stereocenters. The summed E-state index contributed by atoms with van der Waals surface area (Å²) in [5, 5.41) is -1.62. The van der Waals surface area contributed by atoms with Gasteiger partial charge in [-0.05, 0) is 53.4 Å². The number of hydrogen-bond acceptors (Lipinski definition) is 3. The predicted molar refractivity (Wildman–Crippen MR) is 167 cm³/mol. The van der Waals surface area contributed by atoms with Gasteiger partial charge in [-0.25, -0.2) is 0 Å². The maximum Gasteiger partial charge on any atom is 0.137 e. The molecule has 0 N–H and O–H groups in total. The molecule has 0 aliphatic carbocycles. The molecule has 2 aromatic heterocycles. The first-order valence-electron chi connectivity index (χ1n) is 22.7. The van der Waals surface area contributed by atoms with Crippen LogP contribution in [-0.2, 0) is 0 Å². The van der Waals surface area contributed by atoms with E-state index >= 15 is 0 Å². The first-order valence-corrected chi connectivity index (χ1v) is 12.1. The quantitative estimate of drug-likeness (QED) is 0.221. The molecule has 0 radical (unpaired) electrons. The van der Waals surface area contributed by atoms with Crippen molar-refractivity contribution >= 4 is 70.5 Å². The van der Waals surface area contributed by atoms with E-state index in [9.17, 15) is 8.22 Å². The number of fused-ring (bicyclic) bond motifs is 6. The SMILES string of the molecule is [2H]c1c([2H])c([2H])c(-c2c([2H])c([2H])c(N(c3c([2H])c([2H])c([2H])c4c3sc3c([2H])c([2H])c([2H])c([2H])c34)c3c([2H])c([2H])c([2H])c4oc5c([2H])c([2H])c([2H])c([2H])c5c34)c([2H])c2[2H])c([2H])c1[2H]. The Labute approximate surface area is 262 Å². The third-order valence-corrected chi connectivity index (χ3v) is 6.99. The Morgan fingerprint density at radius 2 is 1.15 bits per heavy atom. The molecule has 0 amide bonds. The highest BCUT2D eigenvalue weighted by atomic mass is 32.1. The minimum atomic E-state index is -1.07. The van der Waals surface area contributed by atoms with Gasteiger partial charge in [0.15, 0.2) is 0 Å². The Morgan fingerprint density at radius 3 is 2.03 bits per heavy atom. The van der Waals surface area contributed by atoms with Crippen molar-refractivity contribution in [1.82, 2.24) is 0 Å². The Bertz CT molecular complexity index is 3350. The van der Waals surface area contributed by atoms with Crippen molar-refractivity contribution in [1.29, 1.82) is 0 Å². The van der Waals surface area contributed by atoms with Crippen molar-refractivity contribution in [3.8, 4) is 11.1 Å². The summed E-state index contributed by atoms with van der Waals surface area (Å²) in [5.41, 5.74) is -4.98. The molecule has 8 rings (SSSR count). The fraction of sp³-hybridized carbons (Fsp3) is 0. The number of furan rings is 1. The molecule has 8 aromatic rings. The number of nitrogens with zero attached hydrogens (tertiary/aromatic N) is 1. The minimum absolute atomic E-state index is 0.177. The van der Waals surface area contributed by atoms with Crippen molar-refractivity contribution in [3.63, 3.8) is 0 Å². The average molecular weight is 541 g/mol. The largest absolute Gasteiger partial charge is 0.456 e. The standard InChI is InChI=1S/C36H23NOS/c1-2-10-24(11-3-1)25-20-22-26(23-21-25)37(30-15-9-18-33-35(30)29-13-4-6-17-32(29)38-33)31-16-8-14-28-27-12-5-7-19-34(27)39-36(28)31/h1-23H/i1D,2D,3D,4D,5D,6D,7D,8D,9D,10D,11D,12D,13D,14D,15D,16D,17D,18D,19D,20D,21D,22D,23D. The highest BCUT2D eigenvalue weighted by Gasteiger charge is 2.22. The van der Waals surface area contributed by atoms with Gasteiger partial charge in [-0.15, -0.1) is 11.3 Å². The third-order valence-electron chi connectivity index (χ3n) is 5.88. The first-order chi connectivity index (χ1) is 28.9. The highest BCUT2D eigenvalue weighted by molar-refractivity contribution is 7.26. The Balaban J connectivity index is 1.68. The molecule has 0 saturated heterocycles. The number of anilines is 3. The summed E-state index contributed by atoms with van der Waals surface area (Å²) in [6.07, 6.45) is 0. The van der Waals surface area contributed by atoms with Gasteiger partial charge in [0.25, 0.3) is 0 Å². The molecule has 2 heterocycles. The van der Waals surface area contributed by atoms with Gasteiger partial charge in [0.2, 0.25) is 0 Å². The van der Waals surface area contributed by atoms with Crippen LogP contribution in [0.1, 0.15) is 31.5 Å². The van der Waals surface area contributed by atoms with E-state index in [1.165, 1.54) is 0 Å². The molecule has 0 atom stereocenters. The zero-order valence-electron chi connectivity index (χ0n) is 42.3. The van der Waals surface area contributed by atoms with Crippen LogP contribution in [0.3, 0.4) is 0 Å². The van der Waals surface area contributed by atoms with Crippen LogP contribution >= 0.6 is 11.3 Å². The topological polar surface area (TPSA) is 16.4 Å². The summed E-state index contributed by atoms with van der Waals surface area (Å²) in [5.74, 6) is 0. The lowest BCUT2D eigenvalue weighted by Gasteiger charge is -2.27. The van der Waals surface area contributed by atoms with E-state index < -0.39 is 189 Å². The molecule has 3 heteroatoms. The van der Waals surface area contributed by atoms with Crippen LogP contribution in [0.2, 0.25) is 0 Å². The number of rotatable bonds is 4. The second kappa shape index (κ2) is 8.87. The molecule has 0 fully saturated rings. The summed E-state index contributed by atoms with van der Waals surface area (Å²) in [6.45, 7) is 0. The van der Waals surface area contributed by atoms with Crippen molar-refractivity contribution < 1.29 is 35.9 Å². The summed E-state index contributed by atoms with van der Waals surface area (Å²) < 4.78 is 207. The van der Waals surface area contributed by atoms with E-state index in [4.69, 9.17) is 27.7 Å². The molecule has 184 valence electrons. The lowest BCUT2D eigenvalue weighted by atomic mass is 10.0. The van der Waals surface area contributed by atoms with Crippen molar-refractivity contribution in [3.05, 3.63) is 139 Å². The number of para-hydroxylation sites is 1. The van der Waals surface area contributed by atoms with Crippen LogP contribution < -0.4 is 4.90 Å². The van der Waals surface area contributed by atoms with Gasteiger partial charge in [0.1, 0.15) is 11.2 Å².